The van der Waals surface area contributed by atoms with Crippen LogP contribution >= 0.6 is 0 Å². The molecule has 0 spiro atoms. The molecule has 1 aromatic carbocycles. The lowest BCUT2D eigenvalue weighted by atomic mass is 10.0. The number of sulfone groups is 1. The first kappa shape index (κ1) is 16.4. The minimum atomic E-state index is -3.49. The molecular formula is C15H18N4O4S. The molecule has 0 amide bonds. The SMILES string of the molecule is CS(=O)(=O)c1ccc(N2CCCC(n3cccn3)C2)c([N+](=O)[O-])c1. The molecule has 1 aliphatic heterocycles. The molecule has 1 aromatic heterocycles. The predicted molar refractivity (Wildman–Crippen MR) is 88.9 cm³/mol. The van der Waals surface area contributed by atoms with Gasteiger partial charge in [-0.1, -0.05) is 0 Å². The van der Waals surface area contributed by atoms with Gasteiger partial charge in [0.05, 0.1) is 15.9 Å². The van der Waals surface area contributed by atoms with Crippen LogP contribution in [-0.4, -0.2) is 42.5 Å². The number of piperidine rings is 1. The molecule has 24 heavy (non-hydrogen) atoms. The van der Waals surface area contributed by atoms with Gasteiger partial charge in [-0.25, -0.2) is 8.42 Å². The van der Waals surface area contributed by atoms with Gasteiger partial charge in [-0.05, 0) is 31.0 Å². The summed E-state index contributed by atoms with van der Waals surface area (Å²) in [5, 5.41) is 15.7. The van der Waals surface area contributed by atoms with E-state index in [4.69, 9.17) is 0 Å². The number of hydrogen-bond acceptors (Lipinski definition) is 6. The second kappa shape index (κ2) is 6.23. The Morgan fingerprint density at radius 2 is 2.17 bits per heavy atom. The Hall–Kier alpha value is -2.42. The Bertz CT molecular complexity index is 848. The third-order valence-electron chi connectivity index (χ3n) is 4.21. The maximum Gasteiger partial charge on any atom is 0.293 e. The summed E-state index contributed by atoms with van der Waals surface area (Å²) in [5.41, 5.74) is 0.267. The number of benzene rings is 1. The van der Waals surface area contributed by atoms with E-state index in [-0.39, 0.29) is 16.6 Å². The molecule has 0 aliphatic carbocycles. The lowest BCUT2D eigenvalue weighted by Crippen LogP contribution is -2.37. The highest BCUT2D eigenvalue weighted by molar-refractivity contribution is 7.90. The van der Waals surface area contributed by atoms with Crippen molar-refractivity contribution in [3.63, 3.8) is 0 Å². The van der Waals surface area contributed by atoms with Crippen molar-refractivity contribution in [2.45, 2.75) is 23.8 Å². The summed E-state index contributed by atoms with van der Waals surface area (Å²) in [5.74, 6) is 0. The van der Waals surface area contributed by atoms with Crippen LogP contribution in [0.2, 0.25) is 0 Å². The van der Waals surface area contributed by atoms with Crippen LogP contribution in [0.1, 0.15) is 18.9 Å². The van der Waals surface area contributed by atoms with Gasteiger partial charge in [0, 0.05) is 37.8 Å². The van der Waals surface area contributed by atoms with Gasteiger partial charge in [-0.2, -0.15) is 5.10 Å². The van der Waals surface area contributed by atoms with Gasteiger partial charge in [0.25, 0.3) is 5.69 Å². The summed E-state index contributed by atoms with van der Waals surface area (Å²) >= 11 is 0. The van der Waals surface area contributed by atoms with Crippen LogP contribution in [0.4, 0.5) is 11.4 Å². The molecule has 0 saturated carbocycles. The van der Waals surface area contributed by atoms with Crippen LogP contribution in [-0.2, 0) is 9.84 Å². The van der Waals surface area contributed by atoms with Crippen molar-refractivity contribution in [2.75, 3.05) is 24.2 Å². The fraction of sp³-hybridized carbons (Fsp3) is 0.400. The quantitative estimate of drug-likeness (QED) is 0.618. The highest BCUT2D eigenvalue weighted by Crippen LogP contribution is 2.34. The van der Waals surface area contributed by atoms with Gasteiger partial charge in [0.15, 0.2) is 9.84 Å². The van der Waals surface area contributed by atoms with Crippen LogP contribution in [0.5, 0.6) is 0 Å². The lowest BCUT2D eigenvalue weighted by Gasteiger charge is -2.34. The second-order valence-electron chi connectivity index (χ2n) is 5.91. The first-order valence-electron chi connectivity index (χ1n) is 7.59. The standard InChI is InChI=1S/C15H18N4O4S/c1-24(22,23)13-5-6-14(15(10-13)19(20)21)17-8-2-4-12(11-17)18-9-3-7-16-18/h3,5-7,9-10,12H,2,4,8,11H2,1H3. The number of nitro groups is 1. The lowest BCUT2D eigenvalue weighted by molar-refractivity contribution is -0.384. The molecule has 3 rings (SSSR count). The number of nitro benzene ring substituents is 1. The van der Waals surface area contributed by atoms with Crippen LogP contribution in [0.25, 0.3) is 0 Å². The Morgan fingerprint density at radius 3 is 2.79 bits per heavy atom. The van der Waals surface area contributed by atoms with E-state index in [1.165, 1.54) is 12.1 Å². The number of nitrogens with zero attached hydrogens (tertiary/aromatic N) is 4. The highest BCUT2D eigenvalue weighted by atomic mass is 32.2. The number of hydrogen-bond donors (Lipinski definition) is 0. The average molecular weight is 350 g/mol. The number of aromatic nitrogens is 2. The smallest absolute Gasteiger partial charge is 0.293 e. The van der Waals surface area contributed by atoms with E-state index < -0.39 is 14.8 Å². The van der Waals surface area contributed by atoms with Gasteiger partial charge in [0.2, 0.25) is 0 Å². The Kier molecular flexibility index (Phi) is 4.27. The molecule has 0 bridgehead atoms. The minimum Gasteiger partial charge on any atom is -0.364 e. The van der Waals surface area contributed by atoms with E-state index in [0.717, 1.165) is 25.2 Å². The fourth-order valence-electron chi connectivity index (χ4n) is 3.03. The molecule has 1 aliphatic rings. The zero-order valence-electron chi connectivity index (χ0n) is 13.2. The van der Waals surface area contributed by atoms with E-state index in [1.54, 1.807) is 6.20 Å². The highest BCUT2D eigenvalue weighted by Gasteiger charge is 2.27. The zero-order chi connectivity index (χ0) is 17.3. The molecule has 2 aromatic rings. The van der Waals surface area contributed by atoms with Gasteiger partial charge in [0.1, 0.15) is 5.69 Å². The van der Waals surface area contributed by atoms with Crippen molar-refractivity contribution in [3.05, 3.63) is 46.8 Å². The van der Waals surface area contributed by atoms with Crippen LogP contribution < -0.4 is 4.90 Å². The van der Waals surface area contributed by atoms with E-state index in [9.17, 15) is 18.5 Å². The number of rotatable bonds is 4. The first-order chi connectivity index (χ1) is 11.4. The zero-order valence-corrected chi connectivity index (χ0v) is 14.0. The van der Waals surface area contributed by atoms with Crippen molar-refractivity contribution in [2.24, 2.45) is 0 Å². The predicted octanol–water partition coefficient (Wildman–Crippen LogP) is 2.04. The Balaban J connectivity index is 1.94. The summed E-state index contributed by atoms with van der Waals surface area (Å²) in [4.78, 5) is 12.8. The van der Waals surface area contributed by atoms with Crippen molar-refractivity contribution >= 4 is 21.2 Å². The molecule has 1 unspecified atom stereocenters. The maximum atomic E-state index is 11.7. The van der Waals surface area contributed by atoms with Crippen molar-refractivity contribution < 1.29 is 13.3 Å². The molecule has 2 heterocycles. The molecular weight excluding hydrogens is 332 g/mol. The summed E-state index contributed by atoms with van der Waals surface area (Å²) in [6, 6.07) is 6.09. The normalized spacial score (nSPS) is 18.5. The average Bonchev–Trinajstić information content (AvgIpc) is 3.08. The van der Waals surface area contributed by atoms with E-state index in [1.807, 2.05) is 21.8 Å². The van der Waals surface area contributed by atoms with E-state index in [2.05, 4.69) is 5.10 Å². The van der Waals surface area contributed by atoms with Gasteiger partial charge >= 0.3 is 0 Å². The Labute approximate surface area is 139 Å². The monoisotopic (exact) mass is 350 g/mol. The fourth-order valence-corrected chi connectivity index (χ4v) is 3.67. The van der Waals surface area contributed by atoms with Crippen molar-refractivity contribution in [1.29, 1.82) is 0 Å². The van der Waals surface area contributed by atoms with Crippen molar-refractivity contribution in [3.8, 4) is 0 Å². The van der Waals surface area contributed by atoms with Gasteiger partial charge < -0.3 is 4.90 Å². The van der Waals surface area contributed by atoms with Gasteiger partial charge in [-0.15, -0.1) is 0 Å². The van der Waals surface area contributed by atoms with Crippen LogP contribution in [0.3, 0.4) is 0 Å². The molecule has 1 atom stereocenters. The van der Waals surface area contributed by atoms with Gasteiger partial charge in [-0.3, -0.25) is 14.8 Å². The number of anilines is 1. The minimum absolute atomic E-state index is 0.0430. The molecule has 1 saturated heterocycles. The van der Waals surface area contributed by atoms with Crippen LogP contribution in [0, 0.1) is 10.1 Å². The molecule has 0 radical (unpaired) electrons. The molecule has 1 fully saturated rings. The molecule has 0 N–H and O–H groups in total. The topological polar surface area (TPSA) is 98.3 Å². The summed E-state index contributed by atoms with van der Waals surface area (Å²) in [6.45, 7) is 1.29. The first-order valence-corrected chi connectivity index (χ1v) is 9.48. The largest absolute Gasteiger partial charge is 0.364 e. The third kappa shape index (κ3) is 3.25. The summed E-state index contributed by atoms with van der Waals surface area (Å²) < 4.78 is 25.2. The summed E-state index contributed by atoms with van der Waals surface area (Å²) in [7, 11) is -3.49. The summed E-state index contributed by atoms with van der Waals surface area (Å²) in [6.07, 6.45) is 6.47. The molecule has 8 nitrogen and oxygen atoms in total. The maximum absolute atomic E-state index is 11.7. The third-order valence-corrected chi connectivity index (χ3v) is 5.32. The molecule has 9 heteroatoms. The van der Waals surface area contributed by atoms with Crippen molar-refractivity contribution in [1.82, 2.24) is 9.78 Å². The molecule has 128 valence electrons. The second-order valence-corrected chi connectivity index (χ2v) is 7.92. The Morgan fingerprint density at radius 1 is 1.38 bits per heavy atom. The van der Waals surface area contributed by atoms with Crippen LogP contribution in [0.15, 0.2) is 41.6 Å². The van der Waals surface area contributed by atoms with E-state index in [0.29, 0.717) is 18.8 Å². The van der Waals surface area contributed by atoms with E-state index >= 15 is 0 Å².